The summed E-state index contributed by atoms with van der Waals surface area (Å²) in [6.45, 7) is 2.19. The average Bonchev–Trinajstić information content (AvgIpc) is 2.38. The van der Waals surface area contributed by atoms with Gasteiger partial charge in [-0.25, -0.2) is 0 Å². The minimum Gasteiger partial charge on any atom is -0.545 e. The third-order valence-corrected chi connectivity index (χ3v) is 2.84. The van der Waals surface area contributed by atoms with Gasteiger partial charge in [-0.3, -0.25) is 14.9 Å². The smallest absolute Gasteiger partial charge is 0.270 e. The van der Waals surface area contributed by atoms with Gasteiger partial charge in [-0.05, 0) is 13.0 Å². The zero-order chi connectivity index (χ0) is 14.2. The lowest BCUT2D eigenvalue weighted by molar-refractivity contribution is -0.384. The number of benzene rings is 1. The fourth-order valence-electron chi connectivity index (χ4n) is 1.91. The van der Waals surface area contributed by atoms with Crippen molar-refractivity contribution in [3.8, 4) is 0 Å². The number of nitrogens with zero attached hydrogens (tertiary/aromatic N) is 2. The average molecular weight is 261 g/mol. The maximum absolute atomic E-state index is 12.0. The lowest BCUT2D eigenvalue weighted by atomic mass is 10.1. The molecular formula is C12H9N2O5-. The van der Waals surface area contributed by atoms with Crippen LogP contribution in [0.1, 0.15) is 17.3 Å². The number of carboxylic acid groups (broad SMARTS) is 1. The van der Waals surface area contributed by atoms with Gasteiger partial charge in [0.15, 0.2) is 5.43 Å². The molecule has 0 aliphatic carbocycles. The van der Waals surface area contributed by atoms with E-state index in [2.05, 4.69) is 0 Å². The summed E-state index contributed by atoms with van der Waals surface area (Å²) in [6.07, 6.45) is 1.19. The van der Waals surface area contributed by atoms with Crippen molar-refractivity contribution in [3.63, 3.8) is 0 Å². The molecule has 0 saturated heterocycles. The van der Waals surface area contributed by atoms with Gasteiger partial charge in [-0.1, -0.05) is 0 Å². The summed E-state index contributed by atoms with van der Waals surface area (Å²) in [5, 5.41) is 21.6. The van der Waals surface area contributed by atoms with Crippen molar-refractivity contribution in [1.82, 2.24) is 4.57 Å². The Morgan fingerprint density at radius 2 is 2.11 bits per heavy atom. The topological polar surface area (TPSA) is 105 Å². The van der Waals surface area contributed by atoms with Crippen molar-refractivity contribution in [2.24, 2.45) is 0 Å². The number of carbonyl (C=O) groups excluding carboxylic acids is 1. The van der Waals surface area contributed by atoms with Crippen molar-refractivity contribution >= 4 is 22.6 Å². The quantitative estimate of drug-likeness (QED) is 0.583. The lowest BCUT2D eigenvalue weighted by Gasteiger charge is -2.11. The van der Waals surface area contributed by atoms with E-state index in [1.165, 1.54) is 22.9 Å². The molecule has 98 valence electrons. The summed E-state index contributed by atoms with van der Waals surface area (Å²) < 4.78 is 1.53. The number of non-ortho nitro benzene ring substituents is 1. The van der Waals surface area contributed by atoms with E-state index in [1.54, 1.807) is 6.92 Å². The molecule has 0 radical (unpaired) electrons. The Morgan fingerprint density at radius 1 is 1.42 bits per heavy atom. The Kier molecular flexibility index (Phi) is 3.04. The van der Waals surface area contributed by atoms with E-state index in [1.807, 2.05) is 0 Å². The molecule has 19 heavy (non-hydrogen) atoms. The largest absolute Gasteiger partial charge is 0.545 e. The van der Waals surface area contributed by atoms with Gasteiger partial charge in [0, 0.05) is 24.9 Å². The molecule has 0 saturated carbocycles. The van der Waals surface area contributed by atoms with Crippen LogP contribution in [0.4, 0.5) is 5.69 Å². The van der Waals surface area contributed by atoms with E-state index < -0.39 is 21.9 Å². The SMILES string of the molecule is CCn1cc(C(=O)[O-])c(=O)c2cc([N+](=O)[O-])ccc21. The first kappa shape index (κ1) is 12.7. The summed E-state index contributed by atoms with van der Waals surface area (Å²) >= 11 is 0. The molecule has 0 aliphatic heterocycles. The molecule has 1 aromatic carbocycles. The number of aromatic carboxylic acids is 1. The van der Waals surface area contributed by atoms with Crippen LogP contribution in [0.2, 0.25) is 0 Å². The van der Waals surface area contributed by atoms with E-state index in [9.17, 15) is 24.8 Å². The Morgan fingerprint density at radius 3 is 2.63 bits per heavy atom. The van der Waals surface area contributed by atoms with Crippen molar-refractivity contribution in [1.29, 1.82) is 0 Å². The highest BCUT2D eigenvalue weighted by atomic mass is 16.6. The molecule has 0 N–H and O–H groups in total. The minimum absolute atomic E-state index is 0.00208. The molecule has 1 aromatic heterocycles. The van der Waals surface area contributed by atoms with Crippen molar-refractivity contribution in [2.45, 2.75) is 13.5 Å². The van der Waals surface area contributed by atoms with Gasteiger partial charge in [-0.2, -0.15) is 0 Å². The Bertz CT molecular complexity index is 748. The molecule has 0 amide bonds. The van der Waals surface area contributed by atoms with Crippen LogP contribution in [0.15, 0.2) is 29.2 Å². The van der Waals surface area contributed by atoms with Gasteiger partial charge >= 0.3 is 0 Å². The van der Waals surface area contributed by atoms with Crippen LogP contribution in [0.3, 0.4) is 0 Å². The number of fused-ring (bicyclic) bond motifs is 1. The number of pyridine rings is 1. The third kappa shape index (κ3) is 2.05. The highest BCUT2D eigenvalue weighted by molar-refractivity contribution is 5.92. The zero-order valence-corrected chi connectivity index (χ0v) is 9.95. The second-order valence-electron chi connectivity index (χ2n) is 3.90. The second kappa shape index (κ2) is 4.52. The maximum atomic E-state index is 12.0. The standard InChI is InChI=1S/C12H10N2O5/c1-2-13-6-9(12(16)17)11(15)8-5-7(14(18)19)3-4-10(8)13/h3-6H,2H2,1H3,(H,16,17)/p-1. The van der Waals surface area contributed by atoms with Crippen LogP contribution in [0.5, 0.6) is 0 Å². The van der Waals surface area contributed by atoms with Crippen LogP contribution >= 0.6 is 0 Å². The molecule has 7 nitrogen and oxygen atoms in total. The van der Waals surface area contributed by atoms with Crippen LogP contribution in [0, 0.1) is 10.1 Å². The maximum Gasteiger partial charge on any atom is 0.270 e. The van der Waals surface area contributed by atoms with Crippen LogP contribution < -0.4 is 10.5 Å². The Balaban J connectivity index is 2.92. The summed E-state index contributed by atoms with van der Waals surface area (Å²) in [6, 6.07) is 3.78. The highest BCUT2D eigenvalue weighted by Gasteiger charge is 2.13. The molecule has 2 rings (SSSR count). The molecule has 0 spiro atoms. The first-order valence-corrected chi connectivity index (χ1v) is 5.48. The van der Waals surface area contributed by atoms with E-state index in [-0.39, 0.29) is 11.1 Å². The number of carbonyl (C=O) groups is 1. The first-order chi connectivity index (χ1) is 8.95. The number of rotatable bonds is 3. The fraction of sp³-hybridized carbons (Fsp3) is 0.167. The van der Waals surface area contributed by atoms with E-state index in [4.69, 9.17) is 0 Å². The normalized spacial score (nSPS) is 10.6. The lowest BCUT2D eigenvalue weighted by Crippen LogP contribution is -2.30. The van der Waals surface area contributed by atoms with Crippen LogP contribution in [0.25, 0.3) is 10.9 Å². The predicted molar refractivity (Wildman–Crippen MR) is 64.9 cm³/mol. The number of hydrogen-bond donors (Lipinski definition) is 0. The minimum atomic E-state index is -1.60. The molecule has 2 aromatic rings. The molecule has 0 atom stereocenters. The summed E-state index contributed by atoms with van der Waals surface area (Å²) in [7, 11) is 0. The molecule has 1 heterocycles. The molecule has 0 bridgehead atoms. The number of nitro benzene ring substituents is 1. The van der Waals surface area contributed by atoms with E-state index in [0.29, 0.717) is 12.1 Å². The second-order valence-corrected chi connectivity index (χ2v) is 3.90. The van der Waals surface area contributed by atoms with E-state index >= 15 is 0 Å². The Hall–Kier alpha value is -2.70. The summed E-state index contributed by atoms with van der Waals surface area (Å²) in [5.41, 5.74) is -1.09. The zero-order valence-electron chi connectivity index (χ0n) is 9.95. The van der Waals surface area contributed by atoms with Gasteiger partial charge in [0.2, 0.25) is 0 Å². The monoisotopic (exact) mass is 261 g/mol. The highest BCUT2D eigenvalue weighted by Crippen LogP contribution is 2.19. The number of nitro groups is 1. The summed E-state index contributed by atoms with van der Waals surface area (Å²) in [5.74, 6) is -1.60. The molecule has 0 unspecified atom stereocenters. The fourth-order valence-corrected chi connectivity index (χ4v) is 1.91. The molecule has 0 aliphatic rings. The number of aromatic nitrogens is 1. The third-order valence-electron chi connectivity index (χ3n) is 2.84. The van der Waals surface area contributed by atoms with Gasteiger partial charge in [-0.15, -0.1) is 0 Å². The number of carboxylic acids is 1. The van der Waals surface area contributed by atoms with Crippen molar-refractivity contribution < 1.29 is 14.8 Å². The van der Waals surface area contributed by atoms with Gasteiger partial charge in [0.25, 0.3) is 5.69 Å². The Labute approximate surface area is 106 Å². The van der Waals surface area contributed by atoms with E-state index in [0.717, 1.165) is 6.07 Å². The van der Waals surface area contributed by atoms with Crippen molar-refractivity contribution in [3.05, 3.63) is 50.3 Å². The molecule has 0 fully saturated rings. The predicted octanol–water partition coefficient (Wildman–Crippen LogP) is 0.293. The summed E-state index contributed by atoms with van der Waals surface area (Å²) in [4.78, 5) is 32.9. The van der Waals surface area contributed by atoms with Crippen molar-refractivity contribution in [2.75, 3.05) is 0 Å². The number of aryl methyl sites for hydroxylation is 1. The number of hydrogen-bond acceptors (Lipinski definition) is 5. The van der Waals surface area contributed by atoms with Crippen LogP contribution in [-0.2, 0) is 6.54 Å². The van der Waals surface area contributed by atoms with Gasteiger partial charge in [0.1, 0.15) is 0 Å². The molecule has 7 heteroatoms. The molecular weight excluding hydrogens is 252 g/mol. The van der Waals surface area contributed by atoms with Gasteiger partial charge < -0.3 is 14.5 Å². The van der Waals surface area contributed by atoms with Crippen LogP contribution in [-0.4, -0.2) is 15.5 Å². The van der Waals surface area contributed by atoms with Gasteiger partial charge in [0.05, 0.1) is 27.4 Å². The first-order valence-electron chi connectivity index (χ1n) is 5.48.